The molecule has 1 aromatic rings. The third kappa shape index (κ3) is 6.20. The van der Waals surface area contributed by atoms with Crippen LogP contribution in [0.25, 0.3) is 0 Å². The summed E-state index contributed by atoms with van der Waals surface area (Å²) in [5.41, 5.74) is 1.36. The minimum atomic E-state index is 0.582. The molecule has 1 atom stereocenters. The second-order valence-corrected chi connectivity index (χ2v) is 6.12. The highest BCUT2D eigenvalue weighted by Gasteiger charge is 2.12. The summed E-state index contributed by atoms with van der Waals surface area (Å²) in [6, 6.07) is 0.582. The SMILES string of the molecule is CC(C)CC(CCc1cnn(C)c1)CNC(C)C. The van der Waals surface area contributed by atoms with Crippen LogP contribution in [-0.2, 0) is 13.5 Å². The third-order valence-electron chi connectivity index (χ3n) is 3.22. The minimum Gasteiger partial charge on any atom is -0.314 e. The lowest BCUT2D eigenvalue weighted by Gasteiger charge is -2.20. The van der Waals surface area contributed by atoms with Crippen LogP contribution in [0.15, 0.2) is 12.4 Å². The van der Waals surface area contributed by atoms with Crippen LogP contribution in [0.5, 0.6) is 0 Å². The van der Waals surface area contributed by atoms with Gasteiger partial charge in [0.25, 0.3) is 0 Å². The van der Waals surface area contributed by atoms with Crippen LogP contribution in [0, 0.1) is 11.8 Å². The van der Waals surface area contributed by atoms with Crippen LogP contribution < -0.4 is 5.32 Å². The summed E-state index contributed by atoms with van der Waals surface area (Å²) < 4.78 is 1.89. The Labute approximate surface area is 112 Å². The van der Waals surface area contributed by atoms with Crippen molar-refractivity contribution in [3.05, 3.63) is 18.0 Å². The summed E-state index contributed by atoms with van der Waals surface area (Å²) in [4.78, 5) is 0. The Kier molecular flexibility index (Phi) is 6.41. The van der Waals surface area contributed by atoms with Crippen LogP contribution in [0.4, 0.5) is 0 Å². The van der Waals surface area contributed by atoms with E-state index in [1.165, 1.54) is 18.4 Å². The second-order valence-electron chi connectivity index (χ2n) is 6.12. The predicted octanol–water partition coefficient (Wildman–Crippen LogP) is 3.01. The Bertz CT molecular complexity index is 328. The number of aromatic nitrogens is 2. The maximum absolute atomic E-state index is 4.23. The summed E-state index contributed by atoms with van der Waals surface area (Å²) in [5.74, 6) is 1.55. The molecule has 0 bridgehead atoms. The lowest BCUT2D eigenvalue weighted by molar-refractivity contribution is 0.356. The monoisotopic (exact) mass is 251 g/mol. The molecule has 0 radical (unpaired) electrons. The van der Waals surface area contributed by atoms with Gasteiger partial charge in [-0.25, -0.2) is 0 Å². The molecule has 104 valence electrons. The van der Waals surface area contributed by atoms with Crippen LogP contribution >= 0.6 is 0 Å². The Morgan fingerprint density at radius 2 is 2.00 bits per heavy atom. The van der Waals surface area contributed by atoms with Gasteiger partial charge >= 0.3 is 0 Å². The zero-order valence-corrected chi connectivity index (χ0v) is 12.6. The number of rotatable bonds is 8. The zero-order chi connectivity index (χ0) is 13.5. The van der Waals surface area contributed by atoms with Gasteiger partial charge in [0.05, 0.1) is 6.20 Å². The highest BCUT2D eigenvalue weighted by molar-refractivity contribution is 5.03. The summed E-state index contributed by atoms with van der Waals surface area (Å²) in [5, 5.41) is 7.80. The van der Waals surface area contributed by atoms with Gasteiger partial charge in [-0.05, 0) is 43.2 Å². The van der Waals surface area contributed by atoms with Crippen molar-refractivity contribution in [3.8, 4) is 0 Å². The largest absolute Gasteiger partial charge is 0.314 e. The first-order valence-electron chi connectivity index (χ1n) is 7.18. The lowest BCUT2D eigenvalue weighted by atomic mass is 9.91. The van der Waals surface area contributed by atoms with E-state index in [0.717, 1.165) is 24.8 Å². The maximum atomic E-state index is 4.23. The first-order chi connectivity index (χ1) is 8.47. The molecule has 0 aliphatic heterocycles. The molecule has 0 spiro atoms. The molecule has 1 unspecified atom stereocenters. The van der Waals surface area contributed by atoms with Gasteiger partial charge in [-0.1, -0.05) is 27.7 Å². The molecule has 0 saturated carbocycles. The van der Waals surface area contributed by atoms with E-state index in [9.17, 15) is 0 Å². The van der Waals surface area contributed by atoms with E-state index in [-0.39, 0.29) is 0 Å². The Morgan fingerprint density at radius 1 is 1.28 bits per heavy atom. The molecule has 0 amide bonds. The lowest BCUT2D eigenvalue weighted by Crippen LogP contribution is -2.29. The fraction of sp³-hybridized carbons (Fsp3) is 0.800. The Hall–Kier alpha value is -0.830. The molecule has 0 aliphatic rings. The number of hydrogen-bond acceptors (Lipinski definition) is 2. The molecule has 0 fully saturated rings. The van der Waals surface area contributed by atoms with E-state index < -0.39 is 0 Å². The first kappa shape index (κ1) is 15.2. The zero-order valence-electron chi connectivity index (χ0n) is 12.6. The molecule has 3 nitrogen and oxygen atoms in total. The van der Waals surface area contributed by atoms with Gasteiger partial charge in [-0.3, -0.25) is 4.68 Å². The third-order valence-corrected chi connectivity index (χ3v) is 3.22. The van der Waals surface area contributed by atoms with Gasteiger partial charge in [-0.2, -0.15) is 5.10 Å². The van der Waals surface area contributed by atoms with Crippen molar-refractivity contribution < 1.29 is 0 Å². The van der Waals surface area contributed by atoms with E-state index in [4.69, 9.17) is 0 Å². The van der Waals surface area contributed by atoms with Crippen molar-refractivity contribution >= 4 is 0 Å². The van der Waals surface area contributed by atoms with E-state index in [1.54, 1.807) is 0 Å². The average Bonchev–Trinajstić information content (AvgIpc) is 2.67. The summed E-state index contributed by atoms with van der Waals surface area (Å²) in [7, 11) is 1.98. The smallest absolute Gasteiger partial charge is 0.0521 e. The number of nitrogens with one attached hydrogen (secondary N) is 1. The minimum absolute atomic E-state index is 0.582. The normalized spacial score (nSPS) is 13.5. The van der Waals surface area contributed by atoms with Crippen molar-refractivity contribution in [2.24, 2.45) is 18.9 Å². The van der Waals surface area contributed by atoms with Crippen molar-refractivity contribution in [2.45, 2.75) is 53.0 Å². The second kappa shape index (κ2) is 7.57. The van der Waals surface area contributed by atoms with Gasteiger partial charge in [-0.15, -0.1) is 0 Å². The molecule has 18 heavy (non-hydrogen) atoms. The van der Waals surface area contributed by atoms with E-state index in [0.29, 0.717) is 6.04 Å². The van der Waals surface area contributed by atoms with Crippen LogP contribution in [0.1, 0.15) is 46.1 Å². The topological polar surface area (TPSA) is 29.9 Å². The Balaban J connectivity index is 2.39. The fourth-order valence-corrected chi connectivity index (χ4v) is 2.34. The van der Waals surface area contributed by atoms with Crippen molar-refractivity contribution in [3.63, 3.8) is 0 Å². The fourth-order valence-electron chi connectivity index (χ4n) is 2.34. The molecule has 1 rings (SSSR count). The summed E-state index contributed by atoms with van der Waals surface area (Å²) in [6.45, 7) is 10.2. The molecule has 0 aromatic carbocycles. The molecule has 1 heterocycles. The quantitative estimate of drug-likeness (QED) is 0.769. The van der Waals surface area contributed by atoms with Crippen LogP contribution in [-0.4, -0.2) is 22.4 Å². The first-order valence-corrected chi connectivity index (χ1v) is 7.18. The molecule has 1 N–H and O–H groups in total. The van der Waals surface area contributed by atoms with Crippen molar-refractivity contribution in [1.82, 2.24) is 15.1 Å². The number of hydrogen-bond donors (Lipinski definition) is 1. The molecule has 0 aliphatic carbocycles. The van der Waals surface area contributed by atoms with Crippen molar-refractivity contribution in [1.29, 1.82) is 0 Å². The molecule has 1 aromatic heterocycles. The highest BCUT2D eigenvalue weighted by Crippen LogP contribution is 2.17. The van der Waals surface area contributed by atoms with Crippen LogP contribution in [0.2, 0.25) is 0 Å². The predicted molar refractivity (Wildman–Crippen MR) is 77.6 cm³/mol. The van der Waals surface area contributed by atoms with Gasteiger partial charge in [0, 0.05) is 19.3 Å². The van der Waals surface area contributed by atoms with E-state index in [2.05, 4.69) is 44.3 Å². The van der Waals surface area contributed by atoms with Gasteiger partial charge in [0.2, 0.25) is 0 Å². The van der Waals surface area contributed by atoms with Gasteiger partial charge < -0.3 is 5.32 Å². The van der Waals surface area contributed by atoms with Crippen molar-refractivity contribution in [2.75, 3.05) is 6.54 Å². The number of nitrogens with zero attached hydrogens (tertiary/aromatic N) is 2. The van der Waals surface area contributed by atoms with Crippen LogP contribution in [0.3, 0.4) is 0 Å². The molecular weight excluding hydrogens is 222 g/mol. The van der Waals surface area contributed by atoms with E-state index >= 15 is 0 Å². The van der Waals surface area contributed by atoms with E-state index in [1.807, 2.05) is 17.9 Å². The highest BCUT2D eigenvalue weighted by atomic mass is 15.2. The standard InChI is InChI=1S/C15H29N3/c1-12(2)8-14(9-16-13(3)4)6-7-15-10-17-18(5)11-15/h10-14,16H,6-9H2,1-5H3. The molecular formula is C15H29N3. The summed E-state index contributed by atoms with van der Waals surface area (Å²) >= 11 is 0. The van der Waals surface area contributed by atoms with Gasteiger partial charge in [0.15, 0.2) is 0 Å². The summed E-state index contributed by atoms with van der Waals surface area (Å²) in [6.07, 6.45) is 7.82. The van der Waals surface area contributed by atoms with Gasteiger partial charge in [0.1, 0.15) is 0 Å². The molecule has 3 heteroatoms. The Morgan fingerprint density at radius 3 is 2.50 bits per heavy atom. The number of aryl methyl sites for hydroxylation is 2. The molecule has 0 saturated heterocycles. The maximum Gasteiger partial charge on any atom is 0.0521 e. The average molecular weight is 251 g/mol.